The molecule has 0 atom stereocenters. The maximum absolute atomic E-state index is 12.2. The Morgan fingerprint density at radius 2 is 1.87 bits per heavy atom. The second-order valence-corrected chi connectivity index (χ2v) is 10.0. The number of H-pyrrole nitrogens is 1. The monoisotopic (exact) mass is 467 g/mol. The number of nitrogens with zero attached hydrogens (tertiary/aromatic N) is 5. The summed E-state index contributed by atoms with van der Waals surface area (Å²) in [4.78, 5) is 48.6. The molecule has 2 aliphatic rings. The highest BCUT2D eigenvalue weighted by Crippen LogP contribution is 2.27. The van der Waals surface area contributed by atoms with Crippen molar-refractivity contribution in [2.75, 3.05) is 44.2 Å². The summed E-state index contributed by atoms with van der Waals surface area (Å²) in [5.74, 6) is 1.39. The molecular formula is C19H29N7O3S2. The molecule has 1 saturated heterocycles. The molecule has 2 N–H and O–H groups in total. The predicted octanol–water partition coefficient (Wildman–Crippen LogP) is -0.0131. The van der Waals surface area contributed by atoms with Gasteiger partial charge in [-0.05, 0) is 24.8 Å². The minimum Gasteiger partial charge on any atom is -0.327 e. The summed E-state index contributed by atoms with van der Waals surface area (Å²) in [7, 11) is 3.02. The molecule has 0 aromatic carbocycles. The molecule has 1 aliphatic heterocycles. The van der Waals surface area contributed by atoms with Crippen LogP contribution in [0.25, 0.3) is 11.2 Å². The number of thioether (sulfide) groups is 1. The van der Waals surface area contributed by atoms with Crippen molar-refractivity contribution >= 4 is 40.8 Å². The van der Waals surface area contributed by atoms with Gasteiger partial charge in [0.15, 0.2) is 16.3 Å². The third-order valence-electron chi connectivity index (χ3n) is 5.81. The van der Waals surface area contributed by atoms with Crippen LogP contribution < -0.4 is 16.0 Å². The van der Waals surface area contributed by atoms with Crippen molar-refractivity contribution in [2.45, 2.75) is 30.5 Å². The normalized spacial score (nSPS) is 18.0. The number of nitrogens with one attached hydrogen (secondary N) is 2. The highest BCUT2D eigenvalue weighted by Gasteiger charge is 2.30. The first-order chi connectivity index (χ1) is 14.9. The molecule has 0 spiro atoms. The Bertz CT molecular complexity index is 1050. The van der Waals surface area contributed by atoms with E-state index in [9.17, 15) is 14.4 Å². The highest BCUT2D eigenvalue weighted by atomic mass is 32.2. The maximum Gasteiger partial charge on any atom is 0.332 e. The Morgan fingerprint density at radius 3 is 2.58 bits per heavy atom. The first-order valence-corrected chi connectivity index (χ1v) is 12.6. The number of fused-ring (bicyclic) bond motifs is 1. The van der Waals surface area contributed by atoms with Gasteiger partial charge in [-0.1, -0.05) is 11.8 Å². The summed E-state index contributed by atoms with van der Waals surface area (Å²) in [5.41, 5.74) is -0.194. The lowest BCUT2D eigenvalue weighted by atomic mass is 10.3. The average Bonchev–Trinajstić information content (AvgIpc) is 3.54. The second kappa shape index (κ2) is 9.80. The zero-order valence-corrected chi connectivity index (χ0v) is 19.6. The van der Waals surface area contributed by atoms with Gasteiger partial charge in [0.25, 0.3) is 5.56 Å². The van der Waals surface area contributed by atoms with E-state index in [2.05, 4.69) is 24.5 Å². The molecule has 2 aromatic rings. The van der Waals surface area contributed by atoms with Gasteiger partial charge in [-0.25, -0.2) is 9.78 Å². The lowest BCUT2D eigenvalue weighted by molar-refractivity contribution is -0.118. The molecule has 0 unspecified atom stereocenters. The largest absolute Gasteiger partial charge is 0.332 e. The summed E-state index contributed by atoms with van der Waals surface area (Å²) in [6.07, 6.45) is 3.09. The molecule has 1 saturated carbocycles. The number of amides is 1. The van der Waals surface area contributed by atoms with Crippen molar-refractivity contribution in [2.24, 2.45) is 14.1 Å². The van der Waals surface area contributed by atoms with E-state index in [4.69, 9.17) is 0 Å². The second-order valence-electron chi connectivity index (χ2n) is 8.03. The molecular weight excluding hydrogens is 438 g/mol. The van der Waals surface area contributed by atoms with E-state index in [1.54, 1.807) is 7.05 Å². The lowest BCUT2D eigenvalue weighted by Gasteiger charge is -2.34. The lowest BCUT2D eigenvalue weighted by Crippen LogP contribution is -2.47. The van der Waals surface area contributed by atoms with Gasteiger partial charge in [0.1, 0.15) is 0 Å². The fourth-order valence-electron chi connectivity index (χ4n) is 3.76. The van der Waals surface area contributed by atoms with E-state index in [0.717, 1.165) is 36.0 Å². The van der Waals surface area contributed by atoms with Crippen LogP contribution in [-0.2, 0) is 18.9 Å². The number of piperazine rings is 1. The van der Waals surface area contributed by atoms with E-state index < -0.39 is 11.2 Å². The van der Waals surface area contributed by atoms with E-state index in [0.29, 0.717) is 28.5 Å². The zero-order chi connectivity index (χ0) is 22.0. The van der Waals surface area contributed by atoms with Gasteiger partial charge >= 0.3 is 5.69 Å². The van der Waals surface area contributed by atoms with Gasteiger partial charge in [-0.3, -0.25) is 28.5 Å². The fraction of sp³-hybridized carbons (Fsp3) is 0.684. The van der Waals surface area contributed by atoms with Gasteiger partial charge in [0.2, 0.25) is 5.91 Å². The van der Waals surface area contributed by atoms with Crippen molar-refractivity contribution in [1.82, 2.24) is 33.6 Å². The number of rotatable bonds is 9. The number of imidazole rings is 1. The van der Waals surface area contributed by atoms with Crippen molar-refractivity contribution in [3.63, 3.8) is 0 Å². The van der Waals surface area contributed by atoms with Gasteiger partial charge in [-0.2, -0.15) is 0 Å². The molecule has 1 aliphatic carbocycles. The minimum atomic E-state index is -0.415. The smallest absolute Gasteiger partial charge is 0.327 e. The van der Waals surface area contributed by atoms with Crippen molar-refractivity contribution in [1.29, 1.82) is 0 Å². The summed E-state index contributed by atoms with van der Waals surface area (Å²) < 4.78 is 5.29. The Kier molecular flexibility index (Phi) is 7.09. The van der Waals surface area contributed by atoms with Gasteiger partial charge < -0.3 is 9.71 Å². The molecule has 31 heavy (non-hydrogen) atoms. The van der Waals surface area contributed by atoms with Gasteiger partial charge in [0.05, 0.1) is 0 Å². The molecule has 2 fully saturated rings. The van der Waals surface area contributed by atoms with Crippen molar-refractivity contribution < 1.29 is 4.79 Å². The minimum absolute atomic E-state index is 0.0181. The Morgan fingerprint density at radius 1 is 1.13 bits per heavy atom. The Labute approximate surface area is 188 Å². The van der Waals surface area contributed by atoms with Gasteiger partial charge in [-0.15, -0.1) is 0 Å². The van der Waals surface area contributed by atoms with Crippen molar-refractivity contribution in [3.05, 3.63) is 20.8 Å². The standard InChI is InChI=1S/C19H29N7O3S2/c1-23-16-15(17(28)24(2)19(23)29)20-18(21-16)30-11-5-14(27)22-31-12-10-25-6-8-26(9-7-25)13-3-4-13/h13H,3-12H2,1-2H3,(H,20,21)(H,22,27). The first-order valence-electron chi connectivity index (χ1n) is 10.6. The third kappa shape index (κ3) is 5.36. The molecule has 170 valence electrons. The average molecular weight is 468 g/mol. The number of aromatic amines is 1. The molecule has 12 heteroatoms. The summed E-state index contributed by atoms with van der Waals surface area (Å²) in [6.45, 7) is 5.56. The van der Waals surface area contributed by atoms with Gasteiger partial charge in [0, 0.05) is 70.8 Å². The van der Waals surface area contributed by atoms with Crippen LogP contribution in [0.3, 0.4) is 0 Å². The van der Waals surface area contributed by atoms with Crippen LogP contribution in [0.1, 0.15) is 19.3 Å². The first kappa shape index (κ1) is 22.4. The molecule has 0 bridgehead atoms. The predicted molar refractivity (Wildman–Crippen MR) is 124 cm³/mol. The summed E-state index contributed by atoms with van der Waals surface area (Å²) >= 11 is 2.82. The van der Waals surface area contributed by atoms with Crippen LogP contribution in [-0.4, -0.2) is 85.1 Å². The van der Waals surface area contributed by atoms with E-state index in [-0.39, 0.29) is 5.91 Å². The number of aromatic nitrogens is 4. The van der Waals surface area contributed by atoms with E-state index in [1.165, 1.54) is 61.3 Å². The van der Waals surface area contributed by atoms with Crippen LogP contribution in [0, 0.1) is 0 Å². The number of carbonyl (C=O) groups is 1. The highest BCUT2D eigenvalue weighted by molar-refractivity contribution is 7.99. The van der Waals surface area contributed by atoms with E-state index >= 15 is 0 Å². The van der Waals surface area contributed by atoms with Crippen molar-refractivity contribution in [3.8, 4) is 0 Å². The Balaban J connectivity index is 1.14. The molecule has 4 rings (SSSR count). The number of hydrogen-bond donors (Lipinski definition) is 2. The fourth-order valence-corrected chi connectivity index (χ4v) is 5.28. The van der Waals surface area contributed by atoms with Crippen LogP contribution in [0.5, 0.6) is 0 Å². The van der Waals surface area contributed by atoms with E-state index in [1.807, 2.05) is 0 Å². The molecule has 2 aromatic heterocycles. The maximum atomic E-state index is 12.2. The molecule has 10 nitrogen and oxygen atoms in total. The van der Waals surface area contributed by atoms with Crippen LogP contribution in [0.2, 0.25) is 0 Å². The topological polar surface area (TPSA) is 108 Å². The molecule has 0 radical (unpaired) electrons. The van der Waals surface area contributed by atoms with Crippen LogP contribution in [0.4, 0.5) is 0 Å². The SMILES string of the molecule is Cn1c(=O)c2[nH]c(SCCC(=O)NSCCN3CCN(C4CC4)CC3)nc2n(C)c1=O. The zero-order valence-electron chi connectivity index (χ0n) is 17.9. The Hall–Kier alpha value is -1.76. The number of carbonyl (C=O) groups excluding carboxylic acids is 1. The number of hydrogen-bond acceptors (Lipinski definition) is 8. The molecule has 3 heterocycles. The summed E-state index contributed by atoms with van der Waals surface area (Å²) in [5, 5.41) is 0.527. The summed E-state index contributed by atoms with van der Waals surface area (Å²) in [6, 6.07) is 0.852. The molecule has 1 amide bonds. The van der Waals surface area contributed by atoms with Crippen LogP contribution in [0.15, 0.2) is 14.7 Å². The third-order valence-corrected chi connectivity index (χ3v) is 7.44. The van der Waals surface area contributed by atoms with Crippen LogP contribution >= 0.6 is 23.7 Å². The number of aryl methyl sites for hydroxylation is 1. The quantitative estimate of drug-likeness (QED) is 0.301.